The van der Waals surface area contributed by atoms with Gasteiger partial charge in [0, 0.05) is 23.9 Å². The lowest BCUT2D eigenvalue weighted by Crippen LogP contribution is -2.24. The molecule has 3 heterocycles. The lowest BCUT2D eigenvalue weighted by molar-refractivity contribution is -0.274. The van der Waals surface area contributed by atoms with Crippen molar-refractivity contribution in [2.45, 2.75) is 44.4 Å². The number of primary amides is 1. The molecule has 0 aliphatic carbocycles. The van der Waals surface area contributed by atoms with Crippen LogP contribution in [0.25, 0.3) is 0 Å². The van der Waals surface area contributed by atoms with Crippen LogP contribution in [-0.4, -0.2) is 38.3 Å². The van der Waals surface area contributed by atoms with Crippen molar-refractivity contribution in [1.29, 1.82) is 0 Å². The molecule has 14 heteroatoms. The number of ether oxygens (including phenoxy) is 1. The Hall–Kier alpha value is -4.46. The number of nitrogens with one attached hydrogen (secondary N) is 1. The third kappa shape index (κ3) is 8.76. The third-order valence-electron chi connectivity index (χ3n) is 5.82. The number of benzene rings is 1. The number of pyridine rings is 2. The summed E-state index contributed by atoms with van der Waals surface area (Å²) in [5.41, 5.74) is 6.48. The minimum Gasteiger partial charge on any atom is -0.406 e. The fourth-order valence-corrected chi connectivity index (χ4v) is 4.82. The van der Waals surface area contributed by atoms with Gasteiger partial charge in [-0.1, -0.05) is 35.6 Å². The van der Waals surface area contributed by atoms with Gasteiger partial charge in [-0.25, -0.2) is 4.98 Å². The van der Waals surface area contributed by atoms with Crippen molar-refractivity contribution in [3.8, 4) is 5.75 Å². The standard InChI is InChI=1S/C27H24F4N6O3S/c28-24-16(6-1-2-10-22-36-37-26(41-22)35-21(38)15-18-8-3-4-13-33-18)11-12-20(34-24)23(25(32)39)17-7-5-9-19(14-17)40-27(29,30)31/h3-5,7-9,11-14,23H,1-2,6,10,15H2,(H2,32,39)(H,35,37,38). The predicted octanol–water partition coefficient (Wildman–Crippen LogP) is 4.73. The Balaban J connectivity index is 1.30. The van der Waals surface area contributed by atoms with E-state index in [2.05, 4.69) is 30.2 Å². The van der Waals surface area contributed by atoms with Crippen LogP contribution in [0, 0.1) is 5.95 Å². The van der Waals surface area contributed by atoms with Crippen LogP contribution in [0.4, 0.5) is 22.7 Å². The van der Waals surface area contributed by atoms with Gasteiger partial charge in [0.1, 0.15) is 16.7 Å². The minimum atomic E-state index is -4.92. The van der Waals surface area contributed by atoms with Crippen molar-refractivity contribution in [2.75, 3.05) is 5.32 Å². The van der Waals surface area contributed by atoms with Crippen molar-refractivity contribution >= 4 is 28.3 Å². The number of anilines is 1. The molecule has 41 heavy (non-hydrogen) atoms. The number of carbonyl (C=O) groups excluding carboxylic acids is 2. The predicted molar refractivity (Wildman–Crippen MR) is 141 cm³/mol. The molecule has 1 atom stereocenters. The van der Waals surface area contributed by atoms with E-state index in [0.29, 0.717) is 47.1 Å². The van der Waals surface area contributed by atoms with Crippen LogP contribution in [0.15, 0.2) is 60.8 Å². The highest BCUT2D eigenvalue weighted by atomic mass is 32.1. The highest BCUT2D eigenvalue weighted by molar-refractivity contribution is 7.15. The zero-order valence-electron chi connectivity index (χ0n) is 21.4. The van der Waals surface area contributed by atoms with Crippen LogP contribution in [0.5, 0.6) is 5.75 Å². The number of aryl methyl sites for hydroxylation is 2. The van der Waals surface area contributed by atoms with Crippen molar-refractivity contribution in [3.63, 3.8) is 0 Å². The molecular weight excluding hydrogens is 564 g/mol. The third-order valence-corrected chi connectivity index (χ3v) is 6.72. The molecule has 0 fully saturated rings. The normalized spacial score (nSPS) is 12.1. The number of nitrogens with zero attached hydrogens (tertiary/aromatic N) is 4. The monoisotopic (exact) mass is 588 g/mol. The van der Waals surface area contributed by atoms with Crippen LogP contribution in [0.1, 0.15) is 46.3 Å². The second-order valence-corrected chi connectivity index (χ2v) is 9.96. The van der Waals surface area contributed by atoms with Crippen LogP contribution >= 0.6 is 11.3 Å². The van der Waals surface area contributed by atoms with Crippen LogP contribution in [0.2, 0.25) is 0 Å². The van der Waals surface area contributed by atoms with Gasteiger partial charge in [0.15, 0.2) is 0 Å². The van der Waals surface area contributed by atoms with E-state index in [1.54, 1.807) is 24.4 Å². The van der Waals surface area contributed by atoms with E-state index in [0.717, 1.165) is 12.1 Å². The molecule has 3 aromatic heterocycles. The molecule has 214 valence electrons. The lowest BCUT2D eigenvalue weighted by Gasteiger charge is -2.16. The second kappa shape index (κ2) is 13.3. The maximum absolute atomic E-state index is 14.8. The molecule has 3 N–H and O–H groups in total. The average molecular weight is 589 g/mol. The van der Waals surface area contributed by atoms with Crippen molar-refractivity contribution in [3.05, 3.63) is 94.3 Å². The zero-order chi connectivity index (χ0) is 29.4. The Morgan fingerprint density at radius 2 is 1.83 bits per heavy atom. The van der Waals surface area contributed by atoms with Gasteiger partial charge < -0.3 is 15.8 Å². The van der Waals surface area contributed by atoms with Gasteiger partial charge in [0.2, 0.25) is 22.9 Å². The molecular formula is C27H24F4N6O3S. The maximum atomic E-state index is 14.8. The first-order valence-electron chi connectivity index (χ1n) is 12.4. The van der Waals surface area contributed by atoms with Crippen LogP contribution < -0.4 is 15.8 Å². The smallest absolute Gasteiger partial charge is 0.406 e. The highest BCUT2D eigenvalue weighted by Crippen LogP contribution is 2.30. The number of amides is 2. The number of hydrogen-bond acceptors (Lipinski definition) is 8. The molecule has 0 spiro atoms. The van der Waals surface area contributed by atoms with Gasteiger partial charge in [-0.3, -0.25) is 14.6 Å². The number of halogens is 4. The van der Waals surface area contributed by atoms with Gasteiger partial charge in [-0.2, -0.15) is 4.39 Å². The number of carbonyl (C=O) groups is 2. The van der Waals surface area contributed by atoms with E-state index in [1.807, 2.05) is 0 Å². The lowest BCUT2D eigenvalue weighted by atomic mass is 9.93. The first kappa shape index (κ1) is 29.5. The SMILES string of the molecule is NC(=O)C(c1cccc(OC(F)(F)F)c1)c1ccc(CCCCc2nnc(NC(=O)Cc3ccccn3)s2)c(F)n1. The van der Waals surface area contributed by atoms with E-state index in [1.165, 1.54) is 35.6 Å². The number of hydrogen-bond donors (Lipinski definition) is 2. The summed E-state index contributed by atoms with van der Waals surface area (Å²) in [7, 11) is 0. The fraction of sp³-hybridized carbons (Fsp3) is 0.259. The topological polar surface area (TPSA) is 133 Å². The Labute approximate surface area is 235 Å². The summed E-state index contributed by atoms with van der Waals surface area (Å²) in [6, 6.07) is 13.0. The average Bonchev–Trinajstić information content (AvgIpc) is 3.34. The summed E-state index contributed by atoms with van der Waals surface area (Å²) in [5.74, 6) is -3.76. The molecule has 4 rings (SSSR count). The minimum absolute atomic E-state index is 0.0330. The van der Waals surface area contributed by atoms with Crippen molar-refractivity contribution < 1.29 is 31.9 Å². The summed E-state index contributed by atoms with van der Waals surface area (Å²) in [6.45, 7) is 0. The molecule has 0 saturated heterocycles. The van der Waals surface area contributed by atoms with E-state index >= 15 is 0 Å². The van der Waals surface area contributed by atoms with Gasteiger partial charge >= 0.3 is 6.36 Å². The molecule has 0 radical (unpaired) electrons. The number of rotatable bonds is 12. The van der Waals surface area contributed by atoms with Gasteiger partial charge in [0.05, 0.1) is 12.1 Å². The van der Waals surface area contributed by atoms with Gasteiger partial charge in [-0.15, -0.1) is 23.4 Å². The van der Waals surface area contributed by atoms with E-state index in [-0.39, 0.29) is 23.6 Å². The summed E-state index contributed by atoms with van der Waals surface area (Å²) in [4.78, 5) is 32.3. The molecule has 2 amide bonds. The quantitative estimate of drug-likeness (QED) is 0.139. The number of unbranched alkanes of at least 4 members (excludes halogenated alkanes) is 1. The van der Waals surface area contributed by atoms with Crippen molar-refractivity contribution in [2.24, 2.45) is 5.73 Å². The van der Waals surface area contributed by atoms with Crippen LogP contribution in [-0.2, 0) is 28.9 Å². The first-order chi connectivity index (χ1) is 19.6. The highest BCUT2D eigenvalue weighted by Gasteiger charge is 2.32. The molecule has 9 nitrogen and oxygen atoms in total. The summed E-state index contributed by atoms with van der Waals surface area (Å²) in [6.07, 6.45) is -1.01. The molecule has 0 aliphatic heterocycles. The Morgan fingerprint density at radius 3 is 2.54 bits per heavy atom. The molecule has 0 bridgehead atoms. The van der Waals surface area contributed by atoms with Crippen LogP contribution in [0.3, 0.4) is 0 Å². The molecule has 0 aliphatic rings. The maximum Gasteiger partial charge on any atom is 0.573 e. The number of nitrogens with two attached hydrogens (primary N) is 1. The molecule has 4 aromatic rings. The first-order valence-corrected chi connectivity index (χ1v) is 13.2. The van der Waals surface area contributed by atoms with E-state index in [9.17, 15) is 27.2 Å². The molecule has 1 unspecified atom stereocenters. The Morgan fingerprint density at radius 1 is 1.02 bits per heavy atom. The molecule has 1 aromatic carbocycles. The fourth-order valence-electron chi connectivity index (χ4n) is 4.02. The Kier molecular flexibility index (Phi) is 9.55. The van der Waals surface area contributed by atoms with Gasteiger partial charge in [-0.05, 0) is 55.2 Å². The Bertz CT molecular complexity index is 1500. The van der Waals surface area contributed by atoms with Crippen molar-refractivity contribution in [1.82, 2.24) is 20.2 Å². The summed E-state index contributed by atoms with van der Waals surface area (Å²) < 4.78 is 56.5. The molecule has 0 saturated carbocycles. The zero-order valence-corrected chi connectivity index (χ0v) is 22.2. The summed E-state index contributed by atoms with van der Waals surface area (Å²) in [5, 5.41) is 11.9. The number of aromatic nitrogens is 4. The van der Waals surface area contributed by atoms with E-state index in [4.69, 9.17) is 5.73 Å². The van der Waals surface area contributed by atoms with E-state index < -0.39 is 29.9 Å². The number of alkyl halides is 3. The second-order valence-electron chi connectivity index (χ2n) is 8.90. The van der Waals surface area contributed by atoms with Gasteiger partial charge in [0.25, 0.3) is 0 Å². The largest absolute Gasteiger partial charge is 0.573 e. The summed E-state index contributed by atoms with van der Waals surface area (Å²) >= 11 is 1.25.